The molecule has 0 aromatic heterocycles. The molecule has 0 radical (unpaired) electrons. The Morgan fingerprint density at radius 3 is 2.58 bits per heavy atom. The molecule has 0 bridgehead atoms. The molecule has 0 spiro atoms. The molecular weight excluding hydrogens is 148 g/mol. The van der Waals surface area contributed by atoms with Crippen LogP contribution in [0.1, 0.15) is 13.8 Å². The summed E-state index contributed by atoms with van der Waals surface area (Å²) in [7, 11) is 2.20. The van der Waals surface area contributed by atoms with E-state index in [0.29, 0.717) is 12.1 Å². The molecular formula is C10H20N2. The number of hydrogen-bond acceptors (Lipinski definition) is 2. The lowest BCUT2D eigenvalue weighted by atomic mass is 10.1. The van der Waals surface area contributed by atoms with E-state index in [4.69, 9.17) is 0 Å². The fourth-order valence-electron chi connectivity index (χ4n) is 1.79. The molecule has 0 aliphatic carbocycles. The van der Waals surface area contributed by atoms with Crippen molar-refractivity contribution in [2.24, 2.45) is 0 Å². The molecule has 2 nitrogen and oxygen atoms in total. The fraction of sp³-hybridized carbons (Fsp3) is 0.800. The predicted octanol–water partition coefficient (Wildman–Crippen LogP) is 1.20. The van der Waals surface area contributed by atoms with E-state index in [0.717, 1.165) is 6.54 Å². The van der Waals surface area contributed by atoms with Gasteiger partial charge in [-0.05, 0) is 20.9 Å². The Hall–Kier alpha value is -0.340. The van der Waals surface area contributed by atoms with Crippen molar-refractivity contribution in [1.82, 2.24) is 9.80 Å². The van der Waals surface area contributed by atoms with Gasteiger partial charge in [0.15, 0.2) is 0 Å². The summed E-state index contributed by atoms with van der Waals surface area (Å²) >= 11 is 0. The number of nitrogens with zero attached hydrogens (tertiary/aromatic N) is 2. The van der Waals surface area contributed by atoms with Crippen LogP contribution in [0, 0.1) is 0 Å². The third-order valence-corrected chi connectivity index (χ3v) is 2.79. The zero-order valence-corrected chi connectivity index (χ0v) is 8.45. The van der Waals surface area contributed by atoms with Crippen molar-refractivity contribution in [3.05, 3.63) is 12.7 Å². The average molecular weight is 168 g/mol. The Labute approximate surface area is 75.8 Å². The lowest BCUT2D eigenvalue weighted by molar-refractivity contribution is 0.0691. The number of likely N-dealkylation sites (N-methyl/N-ethyl adjacent to an activating group) is 1. The van der Waals surface area contributed by atoms with Crippen molar-refractivity contribution < 1.29 is 0 Å². The van der Waals surface area contributed by atoms with Gasteiger partial charge in [-0.3, -0.25) is 4.90 Å². The molecule has 1 aliphatic rings. The number of rotatable bonds is 2. The molecule has 2 atom stereocenters. The average Bonchev–Trinajstić information content (AvgIpc) is 2.01. The van der Waals surface area contributed by atoms with Gasteiger partial charge in [-0.25, -0.2) is 0 Å². The molecule has 70 valence electrons. The molecule has 1 rings (SSSR count). The van der Waals surface area contributed by atoms with Gasteiger partial charge in [-0.15, -0.1) is 6.58 Å². The summed E-state index contributed by atoms with van der Waals surface area (Å²) in [5.41, 5.74) is 0. The van der Waals surface area contributed by atoms with Gasteiger partial charge in [0.05, 0.1) is 0 Å². The van der Waals surface area contributed by atoms with Gasteiger partial charge in [-0.1, -0.05) is 6.08 Å². The van der Waals surface area contributed by atoms with Crippen LogP contribution in [0.2, 0.25) is 0 Å². The predicted molar refractivity (Wildman–Crippen MR) is 53.3 cm³/mol. The summed E-state index contributed by atoms with van der Waals surface area (Å²) in [5.74, 6) is 0. The first-order valence-corrected chi connectivity index (χ1v) is 4.70. The maximum atomic E-state index is 3.78. The summed E-state index contributed by atoms with van der Waals surface area (Å²) in [4.78, 5) is 4.90. The molecule has 0 N–H and O–H groups in total. The van der Waals surface area contributed by atoms with Crippen LogP contribution in [0.15, 0.2) is 12.7 Å². The molecule has 2 heteroatoms. The second-order valence-corrected chi connectivity index (χ2v) is 3.88. The summed E-state index contributed by atoms with van der Waals surface area (Å²) in [5, 5.41) is 0. The summed E-state index contributed by atoms with van der Waals surface area (Å²) in [6, 6.07) is 1.35. The summed E-state index contributed by atoms with van der Waals surface area (Å²) < 4.78 is 0. The van der Waals surface area contributed by atoms with E-state index in [-0.39, 0.29) is 0 Å². The first kappa shape index (κ1) is 9.75. The Bertz CT molecular complexity index is 156. The van der Waals surface area contributed by atoms with E-state index in [2.05, 4.69) is 37.3 Å². The first-order chi connectivity index (χ1) is 5.65. The molecule has 1 aliphatic heterocycles. The normalized spacial score (nSPS) is 33.6. The van der Waals surface area contributed by atoms with Crippen LogP contribution in [-0.4, -0.2) is 48.6 Å². The monoisotopic (exact) mass is 168 g/mol. The van der Waals surface area contributed by atoms with Gasteiger partial charge >= 0.3 is 0 Å². The minimum atomic E-state index is 0.671. The highest BCUT2D eigenvalue weighted by atomic mass is 15.3. The van der Waals surface area contributed by atoms with Crippen molar-refractivity contribution in [2.45, 2.75) is 25.9 Å². The molecule has 2 unspecified atom stereocenters. The van der Waals surface area contributed by atoms with Crippen molar-refractivity contribution in [3.8, 4) is 0 Å². The van der Waals surface area contributed by atoms with Gasteiger partial charge in [-0.2, -0.15) is 0 Å². The minimum Gasteiger partial charge on any atom is -0.301 e. The SMILES string of the molecule is C=CCN1CC(C)N(C)CC1C. The molecule has 1 fully saturated rings. The zero-order chi connectivity index (χ0) is 9.14. The van der Waals surface area contributed by atoms with Crippen LogP contribution < -0.4 is 0 Å². The molecule has 12 heavy (non-hydrogen) atoms. The largest absolute Gasteiger partial charge is 0.301 e. The van der Waals surface area contributed by atoms with Gasteiger partial charge in [0, 0.05) is 31.7 Å². The van der Waals surface area contributed by atoms with Gasteiger partial charge in [0.2, 0.25) is 0 Å². The third kappa shape index (κ3) is 2.08. The van der Waals surface area contributed by atoms with Crippen LogP contribution in [0.3, 0.4) is 0 Å². The van der Waals surface area contributed by atoms with Gasteiger partial charge < -0.3 is 4.90 Å². The van der Waals surface area contributed by atoms with E-state index in [1.165, 1.54) is 13.1 Å². The Morgan fingerprint density at radius 1 is 1.33 bits per heavy atom. The zero-order valence-electron chi connectivity index (χ0n) is 8.45. The van der Waals surface area contributed by atoms with Crippen LogP contribution in [0.4, 0.5) is 0 Å². The standard InChI is InChI=1S/C10H20N2/c1-5-6-12-8-9(2)11(4)7-10(12)3/h5,9-10H,1,6-8H2,2-4H3. The van der Waals surface area contributed by atoms with Crippen LogP contribution in [-0.2, 0) is 0 Å². The van der Waals surface area contributed by atoms with Crippen molar-refractivity contribution >= 4 is 0 Å². The summed E-state index contributed by atoms with van der Waals surface area (Å²) in [6.45, 7) is 11.7. The highest BCUT2D eigenvalue weighted by Gasteiger charge is 2.25. The molecule has 0 aromatic carbocycles. The Balaban J connectivity index is 2.49. The number of hydrogen-bond donors (Lipinski definition) is 0. The molecule has 0 saturated carbocycles. The maximum Gasteiger partial charge on any atom is 0.0198 e. The second-order valence-electron chi connectivity index (χ2n) is 3.88. The quantitative estimate of drug-likeness (QED) is 0.572. The first-order valence-electron chi connectivity index (χ1n) is 4.70. The lowest BCUT2D eigenvalue weighted by Crippen LogP contribution is -2.54. The topological polar surface area (TPSA) is 6.48 Å². The van der Waals surface area contributed by atoms with E-state index in [9.17, 15) is 0 Å². The van der Waals surface area contributed by atoms with Crippen molar-refractivity contribution in [1.29, 1.82) is 0 Å². The number of piperazine rings is 1. The van der Waals surface area contributed by atoms with Crippen LogP contribution >= 0.6 is 0 Å². The third-order valence-electron chi connectivity index (χ3n) is 2.79. The van der Waals surface area contributed by atoms with E-state index in [1.54, 1.807) is 0 Å². The second kappa shape index (κ2) is 4.06. The van der Waals surface area contributed by atoms with E-state index < -0.39 is 0 Å². The smallest absolute Gasteiger partial charge is 0.0198 e. The van der Waals surface area contributed by atoms with Crippen LogP contribution in [0.5, 0.6) is 0 Å². The van der Waals surface area contributed by atoms with Crippen molar-refractivity contribution in [2.75, 3.05) is 26.7 Å². The van der Waals surface area contributed by atoms with Gasteiger partial charge in [0.1, 0.15) is 0 Å². The van der Waals surface area contributed by atoms with E-state index in [1.807, 2.05) is 6.08 Å². The fourth-order valence-corrected chi connectivity index (χ4v) is 1.79. The molecule has 1 heterocycles. The Kier molecular flexibility index (Phi) is 3.29. The van der Waals surface area contributed by atoms with Gasteiger partial charge in [0.25, 0.3) is 0 Å². The summed E-state index contributed by atoms with van der Waals surface area (Å²) in [6.07, 6.45) is 1.99. The highest BCUT2D eigenvalue weighted by molar-refractivity contribution is 4.86. The highest BCUT2D eigenvalue weighted by Crippen LogP contribution is 2.12. The van der Waals surface area contributed by atoms with Crippen molar-refractivity contribution in [3.63, 3.8) is 0 Å². The minimum absolute atomic E-state index is 0.671. The Morgan fingerprint density at radius 2 is 2.00 bits per heavy atom. The maximum absolute atomic E-state index is 3.78. The van der Waals surface area contributed by atoms with E-state index >= 15 is 0 Å². The molecule has 1 saturated heterocycles. The molecule has 0 aromatic rings. The van der Waals surface area contributed by atoms with Crippen LogP contribution in [0.25, 0.3) is 0 Å². The molecule has 0 amide bonds. The lowest BCUT2D eigenvalue weighted by Gasteiger charge is -2.42.